The van der Waals surface area contributed by atoms with Gasteiger partial charge in [0.1, 0.15) is 18.3 Å². The molecule has 19 heavy (non-hydrogen) atoms. The van der Waals surface area contributed by atoms with Crippen LogP contribution in [0.15, 0.2) is 0 Å². The second kappa shape index (κ2) is 5.77. The molecular weight excluding hydrogens is 275 g/mol. The average molecular weight is 296 g/mol. The second-order valence-corrected chi connectivity index (χ2v) is 7.40. The zero-order valence-corrected chi connectivity index (χ0v) is 11.6. The number of ether oxygens (including phenoxy) is 1. The first kappa shape index (κ1) is 15.4. The molecule has 8 heteroatoms. The van der Waals surface area contributed by atoms with Crippen LogP contribution in [0.25, 0.3) is 0 Å². The standard InChI is InChI=1S/C11H21O7P/c1-6-9(12)11(14)10(13)8(18-6)5-7-3-2-4-17-19(7,15)16/h6-14H,2-5H2,1H3,(H,15,16)/t6?,7?,8-,9-,10-,11-/m1/s1. The molecular formula is C11H21O7P. The molecule has 0 amide bonds. The van der Waals surface area contributed by atoms with Gasteiger partial charge in [0.05, 0.1) is 24.5 Å². The lowest BCUT2D eigenvalue weighted by Gasteiger charge is -2.41. The number of aliphatic hydroxyl groups excluding tert-OH is 3. The molecule has 2 aliphatic heterocycles. The van der Waals surface area contributed by atoms with Gasteiger partial charge in [-0.25, -0.2) is 0 Å². The van der Waals surface area contributed by atoms with Gasteiger partial charge in [0, 0.05) is 0 Å². The van der Waals surface area contributed by atoms with Crippen molar-refractivity contribution in [1.29, 1.82) is 0 Å². The minimum atomic E-state index is -3.68. The van der Waals surface area contributed by atoms with Gasteiger partial charge >= 0.3 is 7.60 Å². The van der Waals surface area contributed by atoms with Gasteiger partial charge in [-0.2, -0.15) is 0 Å². The van der Waals surface area contributed by atoms with E-state index in [9.17, 15) is 24.8 Å². The van der Waals surface area contributed by atoms with E-state index >= 15 is 0 Å². The molecule has 7 atom stereocenters. The van der Waals surface area contributed by atoms with Crippen molar-refractivity contribution in [3.8, 4) is 0 Å². The van der Waals surface area contributed by atoms with Crippen LogP contribution in [0.5, 0.6) is 0 Å². The van der Waals surface area contributed by atoms with Crippen LogP contribution < -0.4 is 0 Å². The van der Waals surface area contributed by atoms with E-state index < -0.39 is 43.8 Å². The summed E-state index contributed by atoms with van der Waals surface area (Å²) in [5.74, 6) is 0. The summed E-state index contributed by atoms with van der Waals surface area (Å²) in [7, 11) is -3.68. The highest BCUT2D eigenvalue weighted by atomic mass is 31.2. The Morgan fingerprint density at radius 3 is 2.53 bits per heavy atom. The highest BCUT2D eigenvalue weighted by molar-refractivity contribution is 7.53. The topological polar surface area (TPSA) is 116 Å². The Morgan fingerprint density at radius 1 is 1.21 bits per heavy atom. The van der Waals surface area contributed by atoms with Gasteiger partial charge in [-0.1, -0.05) is 0 Å². The first-order valence-corrected chi connectivity index (χ1v) is 8.14. The van der Waals surface area contributed by atoms with Crippen molar-refractivity contribution < 1.29 is 34.0 Å². The van der Waals surface area contributed by atoms with E-state index in [1.54, 1.807) is 6.92 Å². The number of aliphatic hydroxyl groups is 3. The summed E-state index contributed by atoms with van der Waals surface area (Å²) >= 11 is 0. The summed E-state index contributed by atoms with van der Waals surface area (Å²) in [5.41, 5.74) is -0.601. The Labute approximate surface area is 111 Å². The maximum atomic E-state index is 11.9. The highest BCUT2D eigenvalue weighted by Crippen LogP contribution is 2.54. The molecule has 2 rings (SSSR count). The van der Waals surface area contributed by atoms with Crippen molar-refractivity contribution in [2.75, 3.05) is 6.61 Å². The van der Waals surface area contributed by atoms with Gasteiger partial charge < -0.3 is 29.5 Å². The Morgan fingerprint density at radius 2 is 1.89 bits per heavy atom. The van der Waals surface area contributed by atoms with E-state index in [-0.39, 0.29) is 13.0 Å². The Hall–Kier alpha value is -0.0100. The minimum absolute atomic E-state index is 0.128. The third-order valence-electron chi connectivity index (χ3n) is 3.87. The first-order valence-electron chi connectivity index (χ1n) is 6.49. The molecule has 0 saturated carbocycles. The maximum Gasteiger partial charge on any atom is 0.331 e. The van der Waals surface area contributed by atoms with Gasteiger partial charge in [-0.05, 0) is 26.2 Å². The van der Waals surface area contributed by atoms with E-state index in [2.05, 4.69) is 0 Å². The van der Waals surface area contributed by atoms with Gasteiger partial charge in [0.15, 0.2) is 0 Å². The van der Waals surface area contributed by atoms with Crippen molar-refractivity contribution in [1.82, 2.24) is 0 Å². The monoisotopic (exact) mass is 296 g/mol. The van der Waals surface area contributed by atoms with Crippen LogP contribution in [0.4, 0.5) is 0 Å². The van der Waals surface area contributed by atoms with Crippen LogP contribution in [0.2, 0.25) is 0 Å². The van der Waals surface area contributed by atoms with Crippen LogP contribution >= 0.6 is 7.60 Å². The van der Waals surface area contributed by atoms with E-state index in [1.807, 2.05) is 0 Å². The van der Waals surface area contributed by atoms with Gasteiger partial charge in [0.25, 0.3) is 0 Å². The minimum Gasteiger partial charge on any atom is -0.388 e. The lowest BCUT2D eigenvalue weighted by molar-refractivity contribution is -0.218. The Kier molecular flexibility index (Phi) is 4.67. The Bertz CT molecular complexity index is 363. The van der Waals surface area contributed by atoms with Crippen molar-refractivity contribution in [2.45, 2.75) is 62.4 Å². The molecule has 0 aromatic rings. The van der Waals surface area contributed by atoms with Crippen LogP contribution in [0.3, 0.4) is 0 Å². The summed E-state index contributed by atoms with van der Waals surface area (Å²) < 4.78 is 22.2. The van der Waals surface area contributed by atoms with E-state index in [0.717, 1.165) is 0 Å². The van der Waals surface area contributed by atoms with Crippen LogP contribution in [-0.2, 0) is 13.8 Å². The van der Waals surface area contributed by atoms with Crippen LogP contribution in [0.1, 0.15) is 26.2 Å². The summed E-state index contributed by atoms with van der Waals surface area (Å²) in [4.78, 5) is 9.72. The van der Waals surface area contributed by atoms with Gasteiger partial charge in [-0.3, -0.25) is 4.57 Å². The lowest BCUT2D eigenvalue weighted by Crippen LogP contribution is -2.57. The molecule has 0 aliphatic carbocycles. The maximum absolute atomic E-state index is 11.9. The second-order valence-electron chi connectivity index (χ2n) is 5.28. The van der Waals surface area contributed by atoms with E-state index in [0.29, 0.717) is 12.8 Å². The SMILES string of the molecule is CC1O[C@H](CC2CCCOP2(=O)O)[C@@H](O)[C@H](O)[C@@H]1O. The molecule has 0 bridgehead atoms. The van der Waals surface area contributed by atoms with Gasteiger partial charge in [-0.15, -0.1) is 0 Å². The van der Waals surface area contributed by atoms with Crippen molar-refractivity contribution in [3.63, 3.8) is 0 Å². The molecule has 3 unspecified atom stereocenters. The molecule has 0 aromatic heterocycles. The van der Waals surface area contributed by atoms with Crippen molar-refractivity contribution in [2.24, 2.45) is 0 Å². The van der Waals surface area contributed by atoms with Crippen molar-refractivity contribution in [3.05, 3.63) is 0 Å². The fraction of sp³-hybridized carbons (Fsp3) is 1.00. The zero-order valence-electron chi connectivity index (χ0n) is 10.8. The molecule has 2 heterocycles. The number of rotatable bonds is 2. The van der Waals surface area contributed by atoms with E-state index in [1.165, 1.54) is 0 Å². The molecule has 2 fully saturated rings. The first-order chi connectivity index (χ1) is 8.83. The normalized spacial score (nSPS) is 52.1. The molecule has 0 radical (unpaired) electrons. The van der Waals surface area contributed by atoms with Crippen molar-refractivity contribution >= 4 is 7.60 Å². The third kappa shape index (κ3) is 3.19. The lowest BCUT2D eigenvalue weighted by atomic mass is 9.92. The van der Waals surface area contributed by atoms with Crippen LogP contribution in [0, 0.1) is 0 Å². The molecule has 2 saturated heterocycles. The van der Waals surface area contributed by atoms with E-state index in [4.69, 9.17) is 9.26 Å². The molecule has 7 nitrogen and oxygen atoms in total. The summed E-state index contributed by atoms with van der Waals surface area (Å²) in [6, 6.07) is 0. The number of hydrogen-bond donors (Lipinski definition) is 4. The molecule has 0 aromatic carbocycles. The quantitative estimate of drug-likeness (QED) is 0.513. The summed E-state index contributed by atoms with van der Waals surface area (Å²) in [6.45, 7) is 1.85. The Balaban J connectivity index is 2.03. The summed E-state index contributed by atoms with van der Waals surface area (Å²) in [5, 5.41) is 29.2. The highest BCUT2D eigenvalue weighted by Gasteiger charge is 2.45. The number of hydrogen-bond acceptors (Lipinski definition) is 6. The molecule has 0 spiro atoms. The fourth-order valence-electron chi connectivity index (χ4n) is 2.63. The third-order valence-corrected chi connectivity index (χ3v) is 5.82. The van der Waals surface area contributed by atoms with Crippen LogP contribution in [-0.4, -0.2) is 63.0 Å². The summed E-state index contributed by atoms with van der Waals surface area (Å²) in [6.07, 6.45) is -3.82. The predicted molar refractivity (Wildman–Crippen MR) is 65.8 cm³/mol. The molecule has 4 N–H and O–H groups in total. The molecule has 2 aliphatic rings. The smallest absolute Gasteiger partial charge is 0.331 e. The molecule has 112 valence electrons. The average Bonchev–Trinajstić information content (AvgIpc) is 2.35. The fourth-order valence-corrected chi connectivity index (χ4v) is 4.22. The largest absolute Gasteiger partial charge is 0.388 e. The van der Waals surface area contributed by atoms with Gasteiger partial charge in [0.2, 0.25) is 0 Å². The zero-order chi connectivity index (χ0) is 14.2. The predicted octanol–water partition coefficient (Wildman–Crippen LogP) is -0.389.